The van der Waals surface area contributed by atoms with Crippen molar-refractivity contribution in [2.75, 3.05) is 12.0 Å². The van der Waals surface area contributed by atoms with Gasteiger partial charge in [0.15, 0.2) is 5.65 Å². The van der Waals surface area contributed by atoms with Gasteiger partial charge in [0, 0.05) is 17.5 Å². The Bertz CT molecular complexity index is 550. The Morgan fingerprint density at radius 3 is 2.67 bits per heavy atom. The van der Waals surface area contributed by atoms with Gasteiger partial charge in [0.05, 0.1) is 5.38 Å². The van der Waals surface area contributed by atoms with Gasteiger partial charge in [-0.15, -0.1) is 11.6 Å². The van der Waals surface area contributed by atoms with Gasteiger partial charge in [-0.25, -0.2) is 9.97 Å². The maximum atomic E-state index is 6.25. The van der Waals surface area contributed by atoms with E-state index in [1.54, 1.807) is 0 Å². The van der Waals surface area contributed by atoms with Gasteiger partial charge in [-0.3, -0.25) is 0 Å². The first-order chi connectivity index (χ1) is 8.54. The molecule has 0 saturated carbocycles. The summed E-state index contributed by atoms with van der Waals surface area (Å²) in [6.45, 7) is 6.14. The highest BCUT2D eigenvalue weighted by Gasteiger charge is 2.19. The molecule has 0 aliphatic carbocycles. The van der Waals surface area contributed by atoms with Crippen LogP contribution in [0.3, 0.4) is 0 Å². The third-order valence-corrected chi connectivity index (χ3v) is 3.92. The third-order valence-electron chi connectivity index (χ3n) is 2.91. The second kappa shape index (κ2) is 5.49. The van der Waals surface area contributed by atoms with E-state index >= 15 is 0 Å². The summed E-state index contributed by atoms with van der Waals surface area (Å²) in [5.74, 6) is 1.93. The van der Waals surface area contributed by atoms with Crippen molar-refractivity contribution >= 4 is 34.5 Å². The van der Waals surface area contributed by atoms with Crippen molar-refractivity contribution < 1.29 is 0 Å². The molecule has 0 amide bonds. The minimum atomic E-state index is -0.108. The highest BCUT2D eigenvalue weighted by Crippen LogP contribution is 2.28. The molecule has 0 aliphatic heterocycles. The molecular weight excluding hydrogens is 266 g/mol. The molecule has 0 aliphatic rings. The van der Waals surface area contributed by atoms with E-state index in [0.29, 0.717) is 6.04 Å². The van der Waals surface area contributed by atoms with Crippen molar-refractivity contribution in [3.8, 4) is 0 Å². The molecule has 2 atom stereocenters. The summed E-state index contributed by atoms with van der Waals surface area (Å²) in [5, 5.41) is -0.108. The van der Waals surface area contributed by atoms with E-state index in [2.05, 4.69) is 27.7 Å². The van der Waals surface area contributed by atoms with Gasteiger partial charge in [-0.2, -0.15) is 11.8 Å². The molecule has 0 aromatic carbocycles. The van der Waals surface area contributed by atoms with E-state index in [1.807, 2.05) is 37.7 Å². The monoisotopic (exact) mass is 283 g/mol. The molecule has 2 rings (SSSR count). The Morgan fingerprint density at radius 2 is 2.06 bits per heavy atom. The number of alkyl halides is 1. The topological polar surface area (TPSA) is 30.7 Å². The van der Waals surface area contributed by atoms with Crippen LogP contribution in [0.25, 0.3) is 11.2 Å². The van der Waals surface area contributed by atoms with Gasteiger partial charge in [-0.05, 0) is 39.2 Å². The number of rotatable bonds is 4. The second-order valence-electron chi connectivity index (χ2n) is 4.56. The fraction of sp³-hybridized carbons (Fsp3) is 0.538. The van der Waals surface area contributed by atoms with Gasteiger partial charge < -0.3 is 4.57 Å². The Balaban J connectivity index is 2.64. The van der Waals surface area contributed by atoms with Crippen LogP contribution in [0.2, 0.25) is 0 Å². The van der Waals surface area contributed by atoms with Crippen LogP contribution in [0.5, 0.6) is 0 Å². The highest BCUT2D eigenvalue weighted by atomic mass is 35.5. The van der Waals surface area contributed by atoms with Crippen molar-refractivity contribution in [2.24, 2.45) is 0 Å². The van der Waals surface area contributed by atoms with Crippen LogP contribution in [-0.2, 0) is 0 Å². The van der Waals surface area contributed by atoms with Gasteiger partial charge in [0.25, 0.3) is 0 Å². The molecule has 0 fully saturated rings. The van der Waals surface area contributed by atoms with E-state index < -0.39 is 0 Å². The standard InChI is InChI=1S/C13H18ClN3S/c1-8-5-6-11-13(15-8)17(9(2)7-18-4)12(16-11)10(3)14/h5-6,9-10H,7H2,1-4H3. The predicted molar refractivity (Wildman–Crippen MR) is 79.6 cm³/mol. The van der Waals surface area contributed by atoms with Crippen molar-refractivity contribution in [1.29, 1.82) is 0 Å². The van der Waals surface area contributed by atoms with Gasteiger partial charge in [-0.1, -0.05) is 0 Å². The molecule has 98 valence electrons. The first-order valence-electron chi connectivity index (χ1n) is 6.03. The van der Waals surface area contributed by atoms with Crippen LogP contribution in [0.1, 0.15) is 36.8 Å². The lowest BCUT2D eigenvalue weighted by Gasteiger charge is -2.17. The molecule has 0 spiro atoms. The van der Waals surface area contributed by atoms with Crippen LogP contribution in [0.15, 0.2) is 12.1 Å². The summed E-state index contributed by atoms with van der Waals surface area (Å²) < 4.78 is 2.18. The van der Waals surface area contributed by atoms with Gasteiger partial charge in [0.1, 0.15) is 11.3 Å². The smallest absolute Gasteiger partial charge is 0.160 e. The average molecular weight is 284 g/mol. The Hall–Kier alpha value is -0.740. The molecule has 2 unspecified atom stereocenters. The third kappa shape index (κ3) is 2.50. The molecule has 0 bridgehead atoms. The van der Waals surface area contributed by atoms with Crippen molar-refractivity contribution in [3.63, 3.8) is 0 Å². The number of fused-ring (bicyclic) bond motifs is 1. The van der Waals surface area contributed by atoms with E-state index in [0.717, 1.165) is 28.4 Å². The number of pyridine rings is 1. The molecule has 18 heavy (non-hydrogen) atoms. The zero-order valence-electron chi connectivity index (χ0n) is 11.1. The summed E-state index contributed by atoms with van der Waals surface area (Å²) in [7, 11) is 0. The number of aromatic nitrogens is 3. The molecule has 0 N–H and O–H groups in total. The molecule has 2 aromatic heterocycles. The lowest BCUT2D eigenvalue weighted by atomic mass is 10.3. The molecule has 0 saturated heterocycles. The van der Waals surface area contributed by atoms with Crippen molar-refractivity contribution in [2.45, 2.75) is 32.2 Å². The lowest BCUT2D eigenvalue weighted by Crippen LogP contribution is -2.12. The molecule has 3 nitrogen and oxygen atoms in total. The van der Waals surface area contributed by atoms with Crippen LogP contribution in [-0.4, -0.2) is 26.5 Å². The Labute approximate surface area is 117 Å². The molecular formula is C13H18ClN3S. The maximum absolute atomic E-state index is 6.25. The molecule has 2 aromatic rings. The number of hydrogen-bond acceptors (Lipinski definition) is 3. The van der Waals surface area contributed by atoms with Crippen LogP contribution >= 0.6 is 23.4 Å². The van der Waals surface area contributed by atoms with Gasteiger partial charge >= 0.3 is 0 Å². The molecule has 0 radical (unpaired) electrons. The summed E-state index contributed by atoms with van der Waals surface area (Å²) in [4.78, 5) is 9.23. The van der Waals surface area contributed by atoms with Crippen LogP contribution < -0.4 is 0 Å². The van der Waals surface area contributed by atoms with E-state index in [4.69, 9.17) is 11.6 Å². The van der Waals surface area contributed by atoms with E-state index in [9.17, 15) is 0 Å². The number of thioether (sulfide) groups is 1. The first kappa shape index (κ1) is 13.7. The average Bonchev–Trinajstić information content (AvgIpc) is 2.67. The SMILES string of the molecule is CSCC(C)n1c(C(C)Cl)nc2ccc(C)nc21. The van der Waals surface area contributed by atoms with Crippen LogP contribution in [0.4, 0.5) is 0 Å². The summed E-state index contributed by atoms with van der Waals surface area (Å²) >= 11 is 8.07. The van der Waals surface area contributed by atoms with Crippen molar-refractivity contribution in [1.82, 2.24) is 14.5 Å². The fourth-order valence-corrected chi connectivity index (χ4v) is 2.90. The number of hydrogen-bond donors (Lipinski definition) is 0. The van der Waals surface area contributed by atoms with Crippen LogP contribution in [0, 0.1) is 6.92 Å². The number of aryl methyl sites for hydroxylation is 1. The Morgan fingerprint density at radius 1 is 1.33 bits per heavy atom. The number of imidazole rings is 1. The summed E-state index contributed by atoms with van der Waals surface area (Å²) in [6, 6.07) is 4.35. The van der Waals surface area contributed by atoms with Gasteiger partial charge in [0.2, 0.25) is 0 Å². The Kier molecular flexibility index (Phi) is 4.17. The second-order valence-corrected chi connectivity index (χ2v) is 6.12. The fourth-order valence-electron chi connectivity index (χ4n) is 2.12. The molecule has 2 heterocycles. The quantitative estimate of drug-likeness (QED) is 0.796. The maximum Gasteiger partial charge on any atom is 0.160 e. The minimum Gasteiger partial charge on any atom is -0.308 e. The summed E-state index contributed by atoms with van der Waals surface area (Å²) in [6.07, 6.45) is 2.11. The highest BCUT2D eigenvalue weighted by molar-refractivity contribution is 7.98. The largest absolute Gasteiger partial charge is 0.308 e. The predicted octanol–water partition coefficient (Wildman–Crippen LogP) is 3.96. The van der Waals surface area contributed by atoms with Crippen molar-refractivity contribution in [3.05, 3.63) is 23.7 Å². The summed E-state index contributed by atoms with van der Waals surface area (Å²) in [5.41, 5.74) is 2.88. The zero-order valence-corrected chi connectivity index (χ0v) is 12.7. The van der Waals surface area contributed by atoms with E-state index in [1.165, 1.54) is 0 Å². The zero-order chi connectivity index (χ0) is 13.3. The minimum absolute atomic E-state index is 0.108. The lowest BCUT2D eigenvalue weighted by molar-refractivity contribution is 0.588. The first-order valence-corrected chi connectivity index (χ1v) is 7.86. The number of nitrogens with zero attached hydrogens (tertiary/aromatic N) is 3. The molecule has 5 heteroatoms. The number of halogens is 1. The normalized spacial score (nSPS) is 14.9. The van der Waals surface area contributed by atoms with E-state index in [-0.39, 0.29) is 5.38 Å².